The number of hydrogen-bond acceptors (Lipinski definition) is 6. The molecule has 4 amide bonds. The molecule has 0 spiro atoms. The summed E-state index contributed by atoms with van der Waals surface area (Å²) >= 11 is 1.19. The normalized spacial score (nSPS) is 18.0. The average Bonchev–Trinajstić information content (AvgIpc) is 3.24. The maximum absolute atomic E-state index is 13.7. The maximum atomic E-state index is 13.7. The van der Waals surface area contributed by atoms with Gasteiger partial charge in [-0.25, -0.2) is 18.4 Å². The molecular weight excluding hydrogens is 444 g/mol. The number of ether oxygens (including phenoxy) is 1. The Labute approximate surface area is 186 Å². The second kappa shape index (κ2) is 9.03. The van der Waals surface area contributed by atoms with Crippen LogP contribution in [0, 0.1) is 11.6 Å². The summed E-state index contributed by atoms with van der Waals surface area (Å²) in [5.41, 5.74) is -1.45. The van der Waals surface area contributed by atoms with Crippen molar-refractivity contribution in [2.45, 2.75) is 32.7 Å². The van der Waals surface area contributed by atoms with Gasteiger partial charge in [-0.2, -0.15) is 0 Å². The Bertz CT molecular complexity index is 1100. The van der Waals surface area contributed by atoms with E-state index in [9.17, 15) is 28.0 Å². The predicted molar refractivity (Wildman–Crippen MR) is 112 cm³/mol. The van der Waals surface area contributed by atoms with Gasteiger partial charge in [-0.1, -0.05) is 13.0 Å². The van der Waals surface area contributed by atoms with Crippen molar-refractivity contribution in [3.05, 3.63) is 51.9 Å². The van der Waals surface area contributed by atoms with Gasteiger partial charge in [0, 0.05) is 4.88 Å². The minimum atomic E-state index is -1.67. The van der Waals surface area contributed by atoms with Crippen LogP contribution in [0.25, 0.3) is 0 Å². The molecule has 0 bridgehead atoms. The quantitative estimate of drug-likeness (QED) is 0.483. The first-order valence-corrected chi connectivity index (χ1v) is 10.6. The number of aryl methyl sites for hydroxylation is 1. The summed E-state index contributed by atoms with van der Waals surface area (Å²) in [5.74, 6) is -4.37. The molecule has 32 heavy (non-hydrogen) atoms. The number of halogens is 2. The van der Waals surface area contributed by atoms with Crippen LogP contribution in [0.2, 0.25) is 0 Å². The molecule has 8 nitrogen and oxygen atoms in total. The van der Waals surface area contributed by atoms with Crippen molar-refractivity contribution in [1.82, 2.24) is 10.2 Å². The number of rotatable bonds is 7. The number of anilines is 1. The summed E-state index contributed by atoms with van der Waals surface area (Å²) in [6, 6.07) is 3.61. The van der Waals surface area contributed by atoms with Crippen LogP contribution in [0.15, 0.2) is 24.3 Å². The minimum Gasteiger partial charge on any atom is -0.462 e. The molecule has 1 fully saturated rings. The zero-order valence-electron chi connectivity index (χ0n) is 17.6. The summed E-state index contributed by atoms with van der Waals surface area (Å²) < 4.78 is 31.9. The molecule has 0 radical (unpaired) electrons. The van der Waals surface area contributed by atoms with Crippen LogP contribution in [-0.2, 0) is 26.3 Å². The maximum Gasteiger partial charge on any atom is 0.341 e. The van der Waals surface area contributed by atoms with E-state index >= 15 is 0 Å². The summed E-state index contributed by atoms with van der Waals surface area (Å²) in [4.78, 5) is 51.6. The molecule has 11 heteroatoms. The number of amides is 4. The number of nitrogens with one attached hydrogen (secondary N) is 2. The van der Waals surface area contributed by atoms with E-state index in [4.69, 9.17) is 4.74 Å². The molecular formula is C21H21F2N3O5S. The van der Waals surface area contributed by atoms with E-state index in [0.717, 1.165) is 17.0 Å². The Morgan fingerprint density at radius 3 is 2.53 bits per heavy atom. The molecule has 1 aliphatic heterocycles. The predicted octanol–water partition coefficient (Wildman–Crippen LogP) is 3.17. The molecule has 1 unspecified atom stereocenters. The largest absolute Gasteiger partial charge is 0.462 e. The van der Waals surface area contributed by atoms with Gasteiger partial charge in [0.1, 0.15) is 17.1 Å². The fourth-order valence-corrected chi connectivity index (χ4v) is 4.22. The lowest BCUT2D eigenvalue weighted by Crippen LogP contribution is -2.42. The van der Waals surface area contributed by atoms with Crippen molar-refractivity contribution < 1.29 is 32.7 Å². The van der Waals surface area contributed by atoms with Crippen molar-refractivity contribution in [2.24, 2.45) is 0 Å². The molecule has 1 aromatic heterocycles. The second-order valence-corrected chi connectivity index (χ2v) is 8.29. The van der Waals surface area contributed by atoms with Gasteiger partial charge in [0.2, 0.25) is 5.91 Å². The Hall–Kier alpha value is -3.34. The molecule has 2 N–H and O–H groups in total. The van der Waals surface area contributed by atoms with Crippen molar-refractivity contribution >= 4 is 40.2 Å². The molecule has 1 saturated heterocycles. The molecule has 2 aromatic rings. The number of urea groups is 1. The lowest BCUT2D eigenvalue weighted by atomic mass is 9.92. The molecule has 3 rings (SSSR count). The molecule has 1 aliphatic rings. The van der Waals surface area contributed by atoms with Gasteiger partial charge in [0.15, 0.2) is 11.6 Å². The second-order valence-electron chi connectivity index (χ2n) is 7.15. The number of esters is 1. The monoisotopic (exact) mass is 465 g/mol. The zero-order chi connectivity index (χ0) is 23.6. The zero-order valence-corrected chi connectivity index (χ0v) is 18.4. The van der Waals surface area contributed by atoms with Gasteiger partial charge >= 0.3 is 12.0 Å². The van der Waals surface area contributed by atoms with Crippen LogP contribution in [-0.4, -0.2) is 41.9 Å². The van der Waals surface area contributed by atoms with E-state index < -0.39 is 47.5 Å². The van der Waals surface area contributed by atoms with E-state index in [1.807, 2.05) is 6.92 Å². The number of hydrogen-bond donors (Lipinski definition) is 2. The van der Waals surface area contributed by atoms with Crippen molar-refractivity contribution in [3.8, 4) is 0 Å². The fraction of sp³-hybridized carbons (Fsp3) is 0.333. The lowest BCUT2D eigenvalue weighted by Gasteiger charge is -2.22. The Kier molecular flexibility index (Phi) is 6.58. The molecule has 2 heterocycles. The summed E-state index contributed by atoms with van der Waals surface area (Å²) in [6.45, 7) is 4.41. The standard InChI is InChI=1S/C21H21F2N3O5S/c1-4-12-9-13(18(28)31-5-2)17(32-12)24-16(27)10-26-19(29)21(3,25-20(26)30)11-6-7-14(22)15(23)8-11/h6-9H,4-5,10H2,1-3H3,(H,24,27)(H,25,30). The summed E-state index contributed by atoms with van der Waals surface area (Å²) in [6.07, 6.45) is 0.631. The van der Waals surface area contributed by atoms with Gasteiger partial charge < -0.3 is 15.4 Å². The van der Waals surface area contributed by atoms with Crippen LogP contribution >= 0.6 is 11.3 Å². The van der Waals surface area contributed by atoms with Crippen LogP contribution in [0.4, 0.5) is 18.6 Å². The number of carbonyl (C=O) groups is 4. The minimum absolute atomic E-state index is 0.0353. The molecule has 170 valence electrons. The number of thiophene rings is 1. The van der Waals surface area contributed by atoms with Crippen LogP contribution in [0.5, 0.6) is 0 Å². The highest BCUT2D eigenvalue weighted by Gasteiger charge is 2.49. The van der Waals surface area contributed by atoms with Crippen molar-refractivity contribution in [1.29, 1.82) is 0 Å². The van der Waals surface area contributed by atoms with Gasteiger partial charge in [0.05, 0.1) is 12.2 Å². The van der Waals surface area contributed by atoms with E-state index in [1.165, 1.54) is 24.3 Å². The van der Waals surface area contributed by atoms with E-state index in [1.54, 1.807) is 13.0 Å². The van der Waals surface area contributed by atoms with E-state index in [-0.39, 0.29) is 22.7 Å². The summed E-state index contributed by atoms with van der Waals surface area (Å²) in [5, 5.41) is 5.22. The lowest BCUT2D eigenvalue weighted by molar-refractivity contribution is -0.133. The SMILES string of the molecule is CCOC(=O)c1cc(CC)sc1NC(=O)CN1C(=O)NC(C)(c2ccc(F)c(F)c2)C1=O. The highest BCUT2D eigenvalue weighted by molar-refractivity contribution is 7.16. The van der Waals surface area contributed by atoms with Crippen LogP contribution in [0.1, 0.15) is 41.6 Å². The highest BCUT2D eigenvalue weighted by Crippen LogP contribution is 2.31. The third-order valence-corrected chi connectivity index (χ3v) is 6.15. The van der Waals surface area contributed by atoms with E-state index in [2.05, 4.69) is 10.6 Å². The fourth-order valence-electron chi connectivity index (χ4n) is 3.22. The third kappa shape index (κ3) is 4.33. The third-order valence-electron chi connectivity index (χ3n) is 4.95. The summed E-state index contributed by atoms with van der Waals surface area (Å²) in [7, 11) is 0. The van der Waals surface area contributed by atoms with E-state index in [0.29, 0.717) is 11.3 Å². The Morgan fingerprint density at radius 2 is 1.91 bits per heavy atom. The highest BCUT2D eigenvalue weighted by atomic mass is 32.1. The average molecular weight is 465 g/mol. The molecule has 1 aromatic carbocycles. The smallest absolute Gasteiger partial charge is 0.341 e. The van der Waals surface area contributed by atoms with Gasteiger partial charge in [-0.05, 0) is 44.0 Å². The van der Waals surface area contributed by atoms with Crippen LogP contribution < -0.4 is 10.6 Å². The Balaban J connectivity index is 1.78. The van der Waals surface area contributed by atoms with Gasteiger partial charge in [0.25, 0.3) is 5.91 Å². The first kappa shape index (κ1) is 23.3. The first-order valence-electron chi connectivity index (χ1n) is 9.80. The number of imide groups is 1. The van der Waals surface area contributed by atoms with Gasteiger partial charge in [-0.15, -0.1) is 11.3 Å². The first-order chi connectivity index (χ1) is 15.1. The molecule has 0 saturated carbocycles. The number of nitrogens with zero attached hydrogens (tertiary/aromatic N) is 1. The molecule has 0 aliphatic carbocycles. The van der Waals surface area contributed by atoms with Crippen LogP contribution in [0.3, 0.4) is 0 Å². The van der Waals surface area contributed by atoms with Crippen molar-refractivity contribution in [2.75, 3.05) is 18.5 Å². The Morgan fingerprint density at radius 1 is 1.19 bits per heavy atom. The van der Waals surface area contributed by atoms with Gasteiger partial charge in [-0.3, -0.25) is 14.5 Å². The van der Waals surface area contributed by atoms with Crippen molar-refractivity contribution in [3.63, 3.8) is 0 Å². The molecule has 1 atom stereocenters. The number of carbonyl (C=O) groups excluding carboxylic acids is 4. The topological polar surface area (TPSA) is 105 Å². The number of benzene rings is 1.